The Morgan fingerprint density at radius 3 is 2.57 bits per heavy atom. The van der Waals surface area contributed by atoms with Crippen LogP contribution in [-0.4, -0.2) is 63.8 Å². The Balaban J connectivity index is 0.00000392. The van der Waals surface area contributed by atoms with Crippen molar-refractivity contribution in [1.82, 2.24) is 15.5 Å². The number of nitrogens with zero attached hydrogens (tertiary/aromatic N) is 3. The molecule has 1 aliphatic heterocycles. The summed E-state index contributed by atoms with van der Waals surface area (Å²) < 4.78 is 19.1. The van der Waals surface area contributed by atoms with Crippen molar-refractivity contribution in [3.63, 3.8) is 0 Å². The van der Waals surface area contributed by atoms with E-state index < -0.39 is 0 Å². The van der Waals surface area contributed by atoms with Gasteiger partial charge in [0.2, 0.25) is 0 Å². The normalized spacial score (nSPS) is 14.9. The molecule has 9 heteroatoms. The number of rotatable bonds is 5. The number of hydrogen-bond acceptors (Lipinski definition) is 4. The lowest BCUT2D eigenvalue weighted by atomic mass is 10.1. The zero-order valence-corrected chi connectivity index (χ0v) is 19.3. The van der Waals surface area contributed by atoms with E-state index in [0.717, 1.165) is 18.4 Å². The van der Waals surface area contributed by atoms with Crippen molar-refractivity contribution in [3.05, 3.63) is 29.6 Å². The lowest BCUT2D eigenvalue weighted by molar-refractivity contribution is 0.0963. The molecule has 0 spiro atoms. The predicted octanol–water partition coefficient (Wildman–Crippen LogP) is 2.80. The van der Waals surface area contributed by atoms with Crippen molar-refractivity contribution >= 4 is 41.7 Å². The summed E-state index contributed by atoms with van der Waals surface area (Å²) in [6.45, 7) is 3.99. The summed E-state index contributed by atoms with van der Waals surface area (Å²) in [5, 5.41) is 6.59. The maximum absolute atomic E-state index is 14.1. The first kappa shape index (κ1) is 24.3. The van der Waals surface area contributed by atoms with Gasteiger partial charge in [-0.2, -0.15) is 0 Å². The van der Waals surface area contributed by atoms with Crippen molar-refractivity contribution in [2.45, 2.75) is 32.4 Å². The number of guanidine groups is 1. The Morgan fingerprint density at radius 1 is 1.36 bits per heavy atom. The lowest BCUT2D eigenvalue weighted by Gasteiger charge is -2.32. The van der Waals surface area contributed by atoms with Gasteiger partial charge in [-0.3, -0.25) is 4.99 Å². The van der Waals surface area contributed by atoms with E-state index in [1.807, 2.05) is 27.1 Å². The molecule has 0 aliphatic carbocycles. The largest absolute Gasteiger partial charge is 0.450 e. The van der Waals surface area contributed by atoms with E-state index >= 15 is 0 Å². The molecule has 2 rings (SSSR count). The minimum Gasteiger partial charge on any atom is -0.450 e. The van der Waals surface area contributed by atoms with Gasteiger partial charge in [0.1, 0.15) is 5.82 Å². The summed E-state index contributed by atoms with van der Waals surface area (Å²) in [5.74, 6) is 0.426. The van der Waals surface area contributed by atoms with Crippen molar-refractivity contribution in [1.29, 1.82) is 0 Å². The predicted molar refractivity (Wildman–Crippen MR) is 121 cm³/mol. The van der Waals surface area contributed by atoms with E-state index in [-0.39, 0.29) is 41.9 Å². The average molecular weight is 507 g/mol. The molecule has 0 aromatic heterocycles. The van der Waals surface area contributed by atoms with Crippen LogP contribution in [0.2, 0.25) is 0 Å². The third-order valence-electron chi connectivity index (χ3n) is 4.54. The fourth-order valence-electron chi connectivity index (χ4n) is 3.02. The minimum absolute atomic E-state index is 0. The molecule has 0 bridgehead atoms. The maximum Gasteiger partial charge on any atom is 0.409 e. The molecule has 0 unspecified atom stereocenters. The smallest absolute Gasteiger partial charge is 0.409 e. The minimum atomic E-state index is -0.248. The van der Waals surface area contributed by atoms with Crippen LogP contribution in [-0.2, 0) is 11.3 Å². The number of carbonyl (C=O) groups is 1. The zero-order valence-electron chi connectivity index (χ0n) is 17.0. The number of amides is 1. The van der Waals surface area contributed by atoms with Gasteiger partial charge in [0.25, 0.3) is 0 Å². The molecule has 1 heterocycles. The van der Waals surface area contributed by atoms with Crippen molar-refractivity contribution in [3.8, 4) is 0 Å². The first-order valence-electron chi connectivity index (χ1n) is 9.29. The third-order valence-corrected chi connectivity index (χ3v) is 4.54. The van der Waals surface area contributed by atoms with Gasteiger partial charge >= 0.3 is 6.09 Å². The quantitative estimate of drug-likeness (QED) is 0.365. The van der Waals surface area contributed by atoms with Crippen LogP contribution >= 0.6 is 24.0 Å². The van der Waals surface area contributed by atoms with E-state index in [0.29, 0.717) is 37.9 Å². The van der Waals surface area contributed by atoms with E-state index in [2.05, 4.69) is 15.6 Å². The molecule has 1 aromatic carbocycles. The number of aliphatic imine (C=N–C) groups is 1. The van der Waals surface area contributed by atoms with Crippen LogP contribution in [0.25, 0.3) is 0 Å². The Kier molecular flexibility index (Phi) is 10.3. The molecule has 1 saturated heterocycles. The molecule has 1 amide bonds. The summed E-state index contributed by atoms with van der Waals surface area (Å²) in [5.41, 5.74) is 1.41. The summed E-state index contributed by atoms with van der Waals surface area (Å²) in [4.78, 5) is 19.5. The molecule has 0 radical (unpaired) electrons. The highest BCUT2D eigenvalue weighted by molar-refractivity contribution is 14.0. The summed E-state index contributed by atoms with van der Waals surface area (Å²) in [7, 11) is 5.34. The molecule has 0 saturated carbocycles. The summed E-state index contributed by atoms with van der Waals surface area (Å²) in [6.07, 6.45) is 1.40. The number of carbonyl (C=O) groups excluding carboxylic acids is 1. The molecule has 1 aromatic rings. The highest BCUT2D eigenvalue weighted by Crippen LogP contribution is 2.18. The molecule has 7 nitrogen and oxygen atoms in total. The lowest BCUT2D eigenvalue weighted by Crippen LogP contribution is -2.49. The number of hydrogen-bond donors (Lipinski definition) is 2. The van der Waals surface area contributed by atoms with E-state index in [1.54, 1.807) is 22.9 Å². The molecule has 158 valence electrons. The van der Waals surface area contributed by atoms with Gasteiger partial charge in [-0.15, -0.1) is 24.0 Å². The number of piperidine rings is 1. The number of benzene rings is 1. The van der Waals surface area contributed by atoms with E-state index in [9.17, 15) is 9.18 Å². The van der Waals surface area contributed by atoms with Gasteiger partial charge in [-0.1, -0.05) is 6.07 Å². The second kappa shape index (κ2) is 11.9. The number of halogens is 2. The standard InChI is InChI=1S/C19H30FN5O2.HI/c1-5-27-19(26)25-10-8-15(9-11-25)23-18(21-2)22-13-14-6-7-17(24(3)4)16(20)12-14;/h6-7,12,15H,5,8-11,13H2,1-4H3,(H2,21,22,23);1H. The van der Waals surface area contributed by atoms with Gasteiger partial charge in [0, 0.05) is 46.8 Å². The van der Waals surface area contributed by atoms with Crippen LogP contribution < -0.4 is 15.5 Å². The van der Waals surface area contributed by atoms with Crippen LogP contribution in [0.5, 0.6) is 0 Å². The van der Waals surface area contributed by atoms with E-state index in [1.165, 1.54) is 6.07 Å². The SMILES string of the molecule is CCOC(=O)N1CCC(NC(=NC)NCc2ccc(N(C)C)c(F)c2)CC1.I. The fourth-order valence-corrected chi connectivity index (χ4v) is 3.02. The highest BCUT2D eigenvalue weighted by Gasteiger charge is 2.24. The van der Waals surface area contributed by atoms with Gasteiger partial charge in [-0.05, 0) is 37.5 Å². The molecular weight excluding hydrogens is 476 g/mol. The Bertz CT molecular complexity index is 664. The molecule has 0 atom stereocenters. The second-order valence-corrected chi connectivity index (χ2v) is 6.71. The Labute approximate surface area is 183 Å². The molecule has 1 aliphatic rings. The topological polar surface area (TPSA) is 69.2 Å². The first-order chi connectivity index (χ1) is 12.9. The maximum atomic E-state index is 14.1. The van der Waals surface area contributed by atoms with Crippen LogP contribution in [0, 0.1) is 5.82 Å². The van der Waals surface area contributed by atoms with Crippen LogP contribution in [0.4, 0.5) is 14.9 Å². The van der Waals surface area contributed by atoms with Crippen LogP contribution in [0.15, 0.2) is 23.2 Å². The number of nitrogens with one attached hydrogen (secondary N) is 2. The number of ether oxygens (including phenoxy) is 1. The molecular formula is C19H31FIN5O2. The number of anilines is 1. The van der Waals surface area contributed by atoms with Gasteiger partial charge in [0.05, 0.1) is 12.3 Å². The zero-order chi connectivity index (χ0) is 19.8. The Morgan fingerprint density at radius 2 is 2.04 bits per heavy atom. The van der Waals surface area contributed by atoms with E-state index in [4.69, 9.17) is 4.74 Å². The monoisotopic (exact) mass is 507 g/mol. The second-order valence-electron chi connectivity index (χ2n) is 6.71. The molecule has 28 heavy (non-hydrogen) atoms. The average Bonchev–Trinajstić information content (AvgIpc) is 2.65. The summed E-state index contributed by atoms with van der Waals surface area (Å²) in [6, 6.07) is 5.44. The van der Waals surface area contributed by atoms with Gasteiger partial charge in [0.15, 0.2) is 5.96 Å². The summed E-state index contributed by atoms with van der Waals surface area (Å²) >= 11 is 0. The Hall–Kier alpha value is -1.78. The van der Waals surface area contributed by atoms with Crippen LogP contribution in [0.1, 0.15) is 25.3 Å². The van der Waals surface area contributed by atoms with Crippen LogP contribution in [0.3, 0.4) is 0 Å². The third kappa shape index (κ3) is 6.99. The van der Waals surface area contributed by atoms with Crippen molar-refractivity contribution < 1.29 is 13.9 Å². The van der Waals surface area contributed by atoms with Gasteiger partial charge in [-0.25, -0.2) is 9.18 Å². The highest BCUT2D eigenvalue weighted by atomic mass is 127. The first-order valence-corrected chi connectivity index (χ1v) is 9.29. The van der Waals surface area contributed by atoms with Gasteiger partial charge < -0.3 is 25.2 Å². The van der Waals surface area contributed by atoms with Crippen molar-refractivity contribution in [2.24, 2.45) is 4.99 Å². The number of likely N-dealkylation sites (tertiary alicyclic amines) is 1. The molecule has 2 N–H and O–H groups in total. The fraction of sp³-hybridized carbons (Fsp3) is 0.579. The van der Waals surface area contributed by atoms with Crippen molar-refractivity contribution in [2.75, 3.05) is 45.7 Å². The molecule has 1 fully saturated rings.